The number of H-pyrrole nitrogens is 1. The van der Waals surface area contributed by atoms with E-state index < -0.39 is 0 Å². The van der Waals surface area contributed by atoms with E-state index in [4.69, 9.17) is 16.6 Å². The SMILES string of the molecule is CNC(=O)Nc1ccc2c(Nc3cc(C)[nH]n3)nc(-c3ccc(Cl)cc3)nc2c1. The lowest BCUT2D eigenvalue weighted by Gasteiger charge is -2.11. The maximum absolute atomic E-state index is 11.7. The number of rotatable bonds is 4. The van der Waals surface area contributed by atoms with Gasteiger partial charge in [0.2, 0.25) is 0 Å². The Labute approximate surface area is 171 Å². The molecule has 0 aliphatic heterocycles. The van der Waals surface area contributed by atoms with E-state index in [1.165, 1.54) is 0 Å². The van der Waals surface area contributed by atoms with Gasteiger partial charge in [-0.15, -0.1) is 0 Å². The van der Waals surface area contributed by atoms with Crippen LogP contribution < -0.4 is 16.0 Å². The minimum Gasteiger partial charge on any atom is -0.341 e. The maximum Gasteiger partial charge on any atom is 0.318 e. The topological polar surface area (TPSA) is 108 Å². The standard InChI is InChI=1S/C20H18ClN7O/c1-11-9-17(28-27-11)25-19-15-8-7-14(23-20(29)22-2)10-16(15)24-18(26-19)12-3-5-13(21)6-4-12/h3-10H,1-2H3,(H2,22,23,29)(H2,24,25,26,27,28). The van der Waals surface area contributed by atoms with Gasteiger partial charge in [-0.1, -0.05) is 11.6 Å². The summed E-state index contributed by atoms with van der Waals surface area (Å²) >= 11 is 6.01. The molecule has 0 fully saturated rings. The first kappa shape index (κ1) is 18.7. The highest BCUT2D eigenvalue weighted by molar-refractivity contribution is 6.30. The van der Waals surface area contributed by atoms with Gasteiger partial charge in [-0.25, -0.2) is 14.8 Å². The lowest BCUT2D eigenvalue weighted by Crippen LogP contribution is -2.24. The van der Waals surface area contributed by atoms with Crippen molar-refractivity contribution in [2.45, 2.75) is 6.92 Å². The van der Waals surface area contributed by atoms with Crippen LogP contribution in [0.2, 0.25) is 5.02 Å². The highest BCUT2D eigenvalue weighted by Crippen LogP contribution is 2.29. The van der Waals surface area contributed by atoms with Crippen molar-refractivity contribution in [2.75, 3.05) is 17.7 Å². The van der Waals surface area contributed by atoms with Gasteiger partial charge >= 0.3 is 6.03 Å². The summed E-state index contributed by atoms with van der Waals surface area (Å²) in [6.45, 7) is 1.92. The average molecular weight is 408 g/mol. The van der Waals surface area contributed by atoms with Crippen LogP contribution in [0.3, 0.4) is 0 Å². The summed E-state index contributed by atoms with van der Waals surface area (Å²) in [5.74, 6) is 1.79. The summed E-state index contributed by atoms with van der Waals surface area (Å²) in [4.78, 5) is 21.0. The van der Waals surface area contributed by atoms with Gasteiger partial charge in [0.05, 0.1) is 5.52 Å². The quantitative estimate of drug-likeness (QED) is 0.399. The molecule has 0 saturated carbocycles. The molecule has 4 rings (SSSR count). The maximum atomic E-state index is 11.7. The van der Waals surface area contributed by atoms with Crippen molar-refractivity contribution in [3.8, 4) is 11.4 Å². The van der Waals surface area contributed by atoms with Crippen LogP contribution >= 0.6 is 11.6 Å². The zero-order chi connectivity index (χ0) is 20.4. The predicted molar refractivity (Wildman–Crippen MR) is 115 cm³/mol. The van der Waals surface area contributed by atoms with Gasteiger partial charge in [0.25, 0.3) is 0 Å². The summed E-state index contributed by atoms with van der Waals surface area (Å²) in [5, 5.41) is 17.1. The molecular weight excluding hydrogens is 390 g/mol. The van der Waals surface area contributed by atoms with Crippen molar-refractivity contribution in [3.05, 3.63) is 59.2 Å². The summed E-state index contributed by atoms with van der Waals surface area (Å²) in [7, 11) is 1.56. The second kappa shape index (κ2) is 7.76. The second-order valence-corrected chi connectivity index (χ2v) is 6.84. The molecular formula is C20H18ClN7O. The molecule has 4 aromatic rings. The van der Waals surface area contributed by atoms with Crippen LogP contribution in [0.4, 0.5) is 22.1 Å². The lowest BCUT2D eigenvalue weighted by molar-refractivity contribution is 0.254. The largest absolute Gasteiger partial charge is 0.341 e. The second-order valence-electron chi connectivity index (χ2n) is 6.40. The van der Waals surface area contributed by atoms with Gasteiger partial charge < -0.3 is 16.0 Å². The van der Waals surface area contributed by atoms with Crippen molar-refractivity contribution in [3.63, 3.8) is 0 Å². The molecule has 0 aliphatic rings. The third-order valence-corrected chi connectivity index (χ3v) is 4.49. The number of aromatic amines is 1. The van der Waals surface area contributed by atoms with E-state index in [-0.39, 0.29) is 6.03 Å². The summed E-state index contributed by atoms with van der Waals surface area (Å²) < 4.78 is 0. The molecule has 0 atom stereocenters. The Hall–Kier alpha value is -3.65. The van der Waals surface area contributed by atoms with Crippen molar-refractivity contribution in [1.29, 1.82) is 0 Å². The zero-order valence-corrected chi connectivity index (χ0v) is 16.5. The van der Waals surface area contributed by atoms with E-state index in [0.717, 1.165) is 16.6 Å². The predicted octanol–water partition coefficient (Wildman–Crippen LogP) is 4.48. The number of amides is 2. The number of benzene rings is 2. The molecule has 2 heterocycles. The molecule has 8 nitrogen and oxygen atoms in total. The van der Waals surface area contributed by atoms with E-state index in [1.807, 2.05) is 31.2 Å². The van der Waals surface area contributed by atoms with Gasteiger partial charge in [-0.3, -0.25) is 5.10 Å². The molecule has 0 saturated heterocycles. The van der Waals surface area contributed by atoms with Crippen LogP contribution in [0.15, 0.2) is 48.5 Å². The Morgan fingerprint density at radius 2 is 1.86 bits per heavy atom. The van der Waals surface area contributed by atoms with E-state index in [1.54, 1.807) is 31.3 Å². The van der Waals surface area contributed by atoms with Crippen molar-refractivity contribution < 1.29 is 4.79 Å². The Balaban J connectivity index is 1.83. The fourth-order valence-electron chi connectivity index (χ4n) is 2.83. The monoisotopic (exact) mass is 407 g/mol. The first-order valence-corrected chi connectivity index (χ1v) is 9.25. The molecule has 0 aliphatic carbocycles. The lowest BCUT2D eigenvalue weighted by atomic mass is 10.1. The summed E-state index contributed by atoms with van der Waals surface area (Å²) in [6.07, 6.45) is 0. The molecule has 0 spiro atoms. The number of carbonyl (C=O) groups is 1. The number of anilines is 3. The van der Waals surface area contributed by atoms with E-state index in [2.05, 4.69) is 31.1 Å². The third kappa shape index (κ3) is 4.12. The van der Waals surface area contributed by atoms with Crippen LogP contribution in [0, 0.1) is 6.92 Å². The number of carbonyl (C=O) groups excluding carboxylic acids is 1. The molecule has 4 N–H and O–H groups in total. The number of nitrogens with zero attached hydrogens (tertiary/aromatic N) is 3. The smallest absolute Gasteiger partial charge is 0.318 e. The highest BCUT2D eigenvalue weighted by Gasteiger charge is 2.12. The van der Waals surface area contributed by atoms with Crippen molar-refractivity contribution in [2.24, 2.45) is 0 Å². The Morgan fingerprint density at radius 3 is 2.55 bits per heavy atom. The number of nitrogens with one attached hydrogen (secondary N) is 4. The fraction of sp³-hybridized carbons (Fsp3) is 0.100. The molecule has 0 radical (unpaired) electrons. The van der Waals surface area contributed by atoms with E-state index in [9.17, 15) is 4.79 Å². The summed E-state index contributed by atoms with van der Waals surface area (Å²) in [5.41, 5.74) is 3.05. The normalized spacial score (nSPS) is 10.7. The number of fused-ring (bicyclic) bond motifs is 1. The van der Waals surface area contributed by atoms with Crippen LogP contribution in [-0.4, -0.2) is 33.2 Å². The van der Waals surface area contributed by atoms with Gasteiger partial charge in [-0.2, -0.15) is 5.10 Å². The van der Waals surface area contributed by atoms with E-state index >= 15 is 0 Å². The zero-order valence-electron chi connectivity index (χ0n) is 15.7. The van der Waals surface area contributed by atoms with Gasteiger partial charge in [-0.05, 0) is 49.4 Å². The minimum absolute atomic E-state index is 0.304. The molecule has 2 amide bonds. The van der Waals surface area contributed by atoms with Crippen molar-refractivity contribution >= 4 is 45.9 Å². The van der Waals surface area contributed by atoms with Gasteiger partial charge in [0.1, 0.15) is 5.82 Å². The Kier molecular flexibility index (Phi) is 5.01. The molecule has 2 aromatic heterocycles. The number of aryl methyl sites for hydroxylation is 1. The molecule has 2 aromatic carbocycles. The highest BCUT2D eigenvalue weighted by atomic mass is 35.5. The minimum atomic E-state index is -0.304. The third-order valence-electron chi connectivity index (χ3n) is 4.24. The molecule has 0 bridgehead atoms. The Bertz CT molecular complexity index is 1190. The van der Waals surface area contributed by atoms with E-state index in [0.29, 0.717) is 33.7 Å². The number of hydrogen-bond acceptors (Lipinski definition) is 5. The van der Waals surface area contributed by atoms with Crippen molar-refractivity contribution in [1.82, 2.24) is 25.5 Å². The molecule has 9 heteroatoms. The van der Waals surface area contributed by atoms with Gasteiger partial charge in [0.15, 0.2) is 11.6 Å². The van der Waals surface area contributed by atoms with Crippen LogP contribution in [0.1, 0.15) is 5.69 Å². The fourth-order valence-corrected chi connectivity index (χ4v) is 2.95. The first-order valence-electron chi connectivity index (χ1n) is 8.87. The number of urea groups is 1. The van der Waals surface area contributed by atoms with Gasteiger partial charge in [0, 0.05) is 40.5 Å². The van der Waals surface area contributed by atoms with Crippen LogP contribution in [0.25, 0.3) is 22.3 Å². The molecule has 29 heavy (non-hydrogen) atoms. The number of aromatic nitrogens is 4. The molecule has 146 valence electrons. The molecule has 0 unspecified atom stereocenters. The summed E-state index contributed by atoms with van der Waals surface area (Å²) in [6, 6.07) is 14.3. The number of halogens is 1. The first-order chi connectivity index (χ1) is 14.0. The number of hydrogen-bond donors (Lipinski definition) is 4. The van der Waals surface area contributed by atoms with Crippen LogP contribution in [0.5, 0.6) is 0 Å². The average Bonchev–Trinajstić information content (AvgIpc) is 3.12. The Morgan fingerprint density at radius 1 is 1.07 bits per heavy atom. The van der Waals surface area contributed by atoms with Crippen LogP contribution in [-0.2, 0) is 0 Å².